The number of fused-ring (bicyclic) bond motifs is 1. The molecule has 0 unspecified atom stereocenters. The molecule has 1 aliphatic heterocycles. The maximum absolute atomic E-state index is 13.9. The topological polar surface area (TPSA) is 43.2 Å². The number of benzene rings is 1. The first-order valence-corrected chi connectivity index (χ1v) is 9.01. The molecule has 3 heterocycles. The van der Waals surface area contributed by atoms with E-state index in [0.717, 1.165) is 17.9 Å². The van der Waals surface area contributed by atoms with E-state index in [4.69, 9.17) is 0 Å². The third-order valence-electron chi connectivity index (χ3n) is 4.93. The zero-order valence-electron chi connectivity index (χ0n) is 15.6. The number of hydrogen-bond acceptors (Lipinski definition) is 4. The van der Waals surface area contributed by atoms with Crippen LogP contribution >= 0.6 is 0 Å². The quantitative estimate of drug-likeness (QED) is 0.613. The lowest BCUT2D eigenvalue weighted by molar-refractivity contribution is -0.274. The molecular formula is C20H18F4N4O. The molecule has 0 spiro atoms. The first kappa shape index (κ1) is 19.4. The van der Waals surface area contributed by atoms with Crippen molar-refractivity contribution in [2.45, 2.75) is 25.9 Å². The number of pyridine rings is 1. The summed E-state index contributed by atoms with van der Waals surface area (Å²) < 4.78 is 56.7. The Bertz CT molecular complexity index is 1010. The number of nitrogens with zero attached hydrogens (tertiary/aromatic N) is 4. The molecule has 0 aliphatic carbocycles. The lowest BCUT2D eigenvalue weighted by Crippen LogP contribution is -2.31. The summed E-state index contributed by atoms with van der Waals surface area (Å²) in [5, 5.41) is 0. The van der Waals surface area contributed by atoms with Gasteiger partial charge < -0.3 is 9.30 Å². The second-order valence-electron chi connectivity index (χ2n) is 6.89. The maximum Gasteiger partial charge on any atom is 0.573 e. The van der Waals surface area contributed by atoms with E-state index in [2.05, 4.69) is 19.6 Å². The number of halogens is 4. The van der Waals surface area contributed by atoms with Gasteiger partial charge in [0.2, 0.25) is 0 Å². The Kier molecular flexibility index (Phi) is 4.99. The monoisotopic (exact) mass is 406 g/mol. The average Bonchev–Trinajstić information content (AvgIpc) is 2.99. The van der Waals surface area contributed by atoms with E-state index in [-0.39, 0.29) is 11.6 Å². The van der Waals surface area contributed by atoms with E-state index in [1.807, 2.05) is 11.6 Å². The van der Waals surface area contributed by atoms with Gasteiger partial charge in [-0.05, 0) is 30.3 Å². The van der Waals surface area contributed by atoms with Crippen LogP contribution in [0.25, 0.3) is 11.4 Å². The summed E-state index contributed by atoms with van der Waals surface area (Å²) >= 11 is 0. The van der Waals surface area contributed by atoms with Gasteiger partial charge in [-0.1, -0.05) is 0 Å². The number of ether oxygens (including phenoxy) is 1. The zero-order chi connectivity index (χ0) is 20.6. The fourth-order valence-corrected chi connectivity index (χ4v) is 3.51. The van der Waals surface area contributed by atoms with Gasteiger partial charge in [-0.25, -0.2) is 9.37 Å². The second kappa shape index (κ2) is 7.47. The molecular weight excluding hydrogens is 388 g/mol. The van der Waals surface area contributed by atoms with Gasteiger partial charge in [0.05, 0.1) is 17.6 Å². The van der Waals surface area contributed by atoms with Crippen LogP contribution in [-0.2, 0) is 26.6 Å². The Morgan fingerprint density at radius 3 is 2.59 bits per heavy atom. The van der Waals surface area contributed by atoms with Crippen LogP contribution in [0.2, 0.25) is 0 Å². The molecule has 0 fully saturated rings. The molecule has 5 nitrogen and oxygen atoms in total. The van der Waals surface area contributed by atoms with Crippen molar-refractivity contribution < 1.29 is 22.3 Å². The Labute approximate surface area is 164 Å². The first-order valence-electron chi connectivity index (χ1n) is 9.01. The predicted molar refractivity (Wildman–Crippen MR) is 97.3 cm³/mol. The number of hydrogen-bond donors (Lipinski definition) is 0. The summed E-state index contributed by atoms with van der Waals surface area (Å²) in [6, 6.07) is 7.33. The van der Waals surface area contributed by atoms with E-state index in [1.54, 1.807) is 24.4 Å². The molecule has 0 N–H and O–H groups in total. The second-order valence-corrected chi connectivity index (χ2v) is 6.89. The van der Waals surface area contributed by atoms with E-state index < -0.39 is 6.36 Å². The number of rotatable bonds is 4. The van der Waals surface area contributed by atoms with Crippen molar-refractivity contribution in [2.75, 3.05) is 6.54 Å². The van der Waals surface area contributed by atoms with Crippen molar-refractivity contribution in [1.29, 1.82) is 0 Å². The van der Waals surface area contributed by atoms with E-state index >= 15 is 0 Å². The highest BCUT2D eigenvalue weighted by Gasteiger charge is 2.31. The SMILES string of the molecule is Cn1c(-c2ccc(OC(F)(F)F)cc2)nc2c1CN(Cc1ccncc1F)CC2. The highest BCUT2D eigenvalue weighted by Crippen LogP contribution is 2.29. The fourth-order valence-electron chi connectivity index (χ4n) is 3.51. The van der Waals surface area contributed by atoms with Crippen molar-refractivity contribution in [3.05, 3.63) is 65.5 Å². The molecule has 3 aromatic rings. The number of imidazole rings is 1. The molecule has 0 amide bonds. The van der Waals surface area contributed by atoms with Crippen LogP contribution < -0.4 is 4.74 Å². The Morgan fingerprint density at radius 2 is 1.90 bits per heavy atom. The molecule has 0 atom stereocenters. The van der Waals surface area contributed by atoms with Crippen LogP contribution in [0.4, 0.5) is 17.6 Å². The molecule has 1 aliphatic rings. The van der Waals surface area contributed by atoms with Crippen molar-refractivity contribution in [3.8, 4) is 17.1 Å². The number of alkyl halides is 3. The molecule has 0 radical (unpaired) electrons. The van der Waals surface area contributed by atoms with Gasteiger partial charge in [0.1, 0.15) is 17.4 Å². The molecule has 0 bridgehead atoms. The summed E-state index contributed by atoms with van der Waals surface area (Å²) in [5.41, 5.74) is 3.25. The Morgan fingerprint density at radius 1 is 1.14 bits per heavy atom. The van der Waals surface area contributed by atoms with E-state index in [0.29, 0.717) is 36.5 Å². The van der Waals surface area contributed by atoms with Crippen LogP contribution in [-0.4, -0.2) is 32.3 Å². The normalized spacial score (nSPS) is 14.7. The van der Waals surface area contributed by atoms with Crippen molar-refractivity contribution in [1.82, 2.24) is 19.4 Å². The molecule has 152 valence electrons. The highest BCUT2D eigenvalue weighted by atomic mass is 19.4. The lowest BCUT2D eigenvalue weighted by Gasteiger charge is -2.27. The molecule has 4 rings (SSSR count). The smallest absolute Gasteiger partial charge is 0.406 e. The van der Waals surface area contributed by atoms with E-state index in [1.165, 1.54) is 18.3 Å². The standard InChI is InChI=1S/C20H18F4N4O/c1-27-18-12-28(11-14-6-8-25-10-16(14)21)9-7-17(18)26-19(27)13-2-4-15(5-3-13)29-20(22,23)24/h2-6,8,10H,7,9,11-12H2,1H3. The molecule has 1 aromatic carbocycles. The lowest BCUT2D eigenvalue weighted by atomic mass is 10.1. The zero-order valence-corrected chi connectivity index (χ0v) is 15.6. The first-order chi connectivity index (χ1) is 13.8. The van der Waals surface area contributed by atoms with Gasteiger partial charge in [-0.2, -0.15) is 0 Å². The van der Waals surface area contributed by atoms with Crippen LogP contribution in [0.15, 0.2) is 42.7 Å². The third-order valence-corrected chi connectivity index (χ3v) is 4.93. The van der Waals surface area contributed by atoms with Gasteiger partial charge in [0.25, 0.3) is 0 Å². The van der Waals surface area contributed by atoms with Crippen molar-refractivity contribution in [3.63, 3.8) is 0 Å². The van der Waals surface area contributed by atoms with Gasteiger partial charge in [0, 0.05) is 50.4 Å². The van der Waals surface area contributed by atoms with Crippen LogP contribution in [0.5, 0.6) is 5.75 Å². The van der Waals surface area contributed by atoms with E-state index in [9.17, 15) is 17.6 Å². The Hall–Kier alpha value is -2.94. The minimum atomic E-state index is -4.72. The molecule has 0 saturated heterocycles. The predicted octanol–water partition coefficient (Wildman–Crippen LogP) is 4.08. The minimum absolute atomic E-state index is 0.272. The van der Waals surface area contributed by atoms with Crippen LogP contribution in [0.1, 0.15) is 17.0 Å². The van der Waals surface area contributed by atoms with Gasteiger partial charge >= 0.3 is 6.36 Å². The van der Waals surface area contributed by atoms with Gasteiger partial charge in [-0.15, -0.1) is 13.2 Å². The summed E-state index contributed by atoms with van der Waals surface area (Å²) in [7, 11) is 1.87. The maximum atomic E-state index is 13.9. The minimum Gasteiger partial charge on any atom is -0.406 e. The molecule has 9 heteroatoms. The third kappa shape index (κ3) is 4.24. The average molecular weight is 406 g/mol. The fraction of sp³-hybridized carbons (Fsp3) is 0.300. The van der Waals surface area contributed by atoms with Crippen LogP contribution in [0.3, 0.4) is 0 Å². The van der Waals surface area contributed by atoms with Gasteiger partial charge in [-0.3, -0.25) is 9.88 Å². The van der Waals surface area contributed by atoms with Crippen molar-refractivity contribution >= 4 is 0 Å². The largest absolute Gasteiger partial charge is 0.573 e. The summed E-state index contributed by atoms with van der Waals surface area (Å²) in [4.78, 5) is 10.6. The van der Waals surface area contributed by atoms with Gasteiger partial charge in [0.15, 0.2) is 0 Å². The molecule has 29 heavy (non-hydrogen) atoms. The molecule has 0 saturated carbocycles. The van der Waals surface area contributed by atoms with Crippen LogP contribution in [0, 0.1) is 5.82 Å². The summed E-state index contributed by atoms with van der Waals surface area (Å²) in [6.07, 6.45) is -1.23. The van der Waals surface area contributed by atoms with Crippen molar-refractivity contribution in [2.24, 2.45) is 7.05 Å². The summed E-state index contributed by atoms with van der Waals surface area (Å²) in [6.45, 7) is 1.82. The highest BCUT2D eigenvalue weighted by molar-refractivity contribution is 5.58. The number of aromatic nitrogens is 3. The molecule has 2 aromatic heterocycles. The summed E-state index contributed by atoms with van der Waals surface area (Å²) in [5.74, 6) is 0.0708. The Balaban J connectivity index is 1.53.